The van der Waals surface area contributed by atoms with Crippen molar-refractivity contribution in [2.24, 2.45) is 17.8 Å². The highest BCUT2D eigenvalue weighted by Gasteiger charge is 2.56. The average Bonchev–Trinajstić information content (AvgIpc) is 3.00. The lowest BCUT2D eigenvalue weighted by atomic mass is 10.2. The van der Waals surface area contributed by atoms with Gasteiger partial charge in [-0.05, 0) is 50.7 Å². The van der Waals surface area contributed by atoms with Crippen molar-refractivity contribution in [2.75, 3.05) is 26.2 Å². The van der Waals surface area contributed by atoms with Gasteiger partial charge in [-0.1, -0.05) is 0 Å². The van der Waals surface area contributed by atoms with Crippen LogP contribution in [0, 0.1) is 17.8 Å². The number of carbonyl (C=O) groups is 2. The van der Waals surface area contributed by atoms with Gasteiger partial charge < -0.3 is 19.7 Å². The molecule has 1 aliphatic carbocycles. The van der Waals surface area contributed by atoms with Gasteiger partial charge in [0.05, 0.1) is 6.20 Å². The summed E-state index contributed by atoms with van der Waals surface area (Å²) < 4.78 is 10.8. The van der Waals surface area contributed by atoms with E-state index in [1.807, 2.05) is 20.8 Å². The van der Waals surface area contributed by atoms with Gasteiger partial charge in [-0.15, -0.1) is 0 Å². The van der Waals surface area contributed by atoms with Gasteiger partial charge in [-0.25, -0.2) is 4.79 Å². The van der Waals surface area contributed by atoms with Crippen LogP contribution in [-0.2, 0) is 9.53 Å². The molecule has 1 aromatic heterocycles. The van der Waals surface area contributed by atoms with Crippen LogP contribution in [0.25, 0.3) is 0 Å². The summed E-state index contributed by atoms with van der Waals surface area (Å²) in [6.07, 6.45) is 2.98. The summed E-state index contributed by atoms with van der Waals surface area (Å²) in [5.74, 6) is 1.81. The fourth-order valence-electron chi connectivity index (χ4n) is 3.29. The SMILES string of the molecule is CC(C)(C)OC(=O)N1C[C@@H]2C(CNC(=O)COc3cccnc3)[C@@H]2C1. The molecule has 7 nitrogen and oxygen atoms in total. The molecule has 0 aromatic carbocycles. The van der Waals surface area contributed by atoms with Crippen LogP contribution < -0.4 is 10.1 Å². The summed E-state index contributed by atoms with van der Waals surface area (Å²) >= 11 is 0. The van der Waals surface area contributed by atoms with E-state index in [1.54, 1.807) is 29.4 Å². The summed E-state index contributed by atoms with van der Waals surface area (Å²) in [6.45, 7) is 7.65. The van der Waals surface area contributed by atoms with Gasteiger partial charge in [0.2, 0.25) is 0 Å². The number of hydrogen-bond acceptors (Lipinski definition) is 5. The fraction of sp³-hybridized carbons (Fsp3) is 0.611. The molecule has 1 unspecified atom stereocenters. The molecule has 2 heterocycles. The number of ether oxygens (including phenoxy) is 2. The molecule has 1 saturated heterocycles. The Morgan fingerprint density at radius 3 is 2.64 bits per heavy atom. The quantitative estimate of drug-likeness (QED) is 0.877. The average molecular weight is 347 g/mol. The molecule has 2 fully saturated rings. The summed E-state index contributed by atoms with van der Waals surface area (Å²) in [6, 6.07) is 3.52. The van der Waals surface area contributed by atoms with Gasteiger partial charge >= 0.3 is 6.09 Å². The summed E-state index contributed by atoms with van der Waals surface area (Å²) in [7, 11) is 0. The van der Waals surface area contributed by atoms with Crippen molar-refractivity contribution in [1.29, 1.82) is 0 Å². The zero-order valence-electron chi connectivity index (χ0n) is 14.9. The van der Waals surface area contributed by atoms with Crippen LogP contribution in [0.15, 0.2) is 24.5 Å². The van der Waals surface area contributed by atoms with E-state index in [0.717, 1.165) is 0 Å². The van der Waals surface area contributed by atoms with E-state index in [4.69, 9.17) is 9.47 Å². The number of fused-ring (bicyclic) bond motifs is 1. The minimum atomic E-state index is -0.467. The van der Waals surface area contributed by atoms with E-state index in [0.29, 0.717) is 43.1 Å². The first-order valence-corrected chi connectivity index (χ1v) is 8.61. The smallest absolute Gasteiger partial charge is 0.410 e. The first-order valence-electron chi connectivity index (χ1n) is 8.61. The lowest BCUT2D eigenvalue weighted by molar-refractivity contribution is -0.123. The molecule has 3 rings (SSSR count). The highest BCUT2D eigenvalue weighted by atomic mass is 16.6. The van der Waals surface area contributed by atoms with Crippen molar-refractivity contribution in [2.45, 2.75) is 26.4 Å². The van der Waals surface area contributed by atoms with Crippen LogP contribution >= 0.6 is 0 Å². The van der Waals surface area contributed by atoms with Crippen LogP contribution in [0.3, 0.4) is 0 Å². The Balaban J connectivity index is 1.33. The first kappa shape index (κ1) is 17.5. The van der Waals surface area contributed by atoms with Crippen molar-refractivity contribution >= 4 is 12.0 Å². The number of nitrogens with one attached hydrogen (secondary N) is 1. The van der Waals surface area contributed by atoms with E-state index in [1.165, 1.54) is 0 Å². The van der Waals surface area contributed by atoms with Gasteiger partial charge in [0, 0.05) is 25.8 Å². The standard InChI is InChI=1S/C18H25N3O4/c1-18(2,3)25-17(23)21-9-14-13(15(14)10-21)8-20-16(22)11-24-12-5-4-6-19-7-12/h4-7,13-15H,8-11H2,1-3H3,(H,20,22)/t13?,14-,15+. The van der Waals surface area contributed by atoms with E-state index in [9.17, 15) is 9.59 Å². The molecule has 3 atom stereocenters. The molecule has 0 spiro atoms. The minimum absolute atomic E-state index is 0.0161. The Morgan fingerprint density at radius 2 is 2.04 bits per heavy atom. The number of amides is 2. The molecule has 2 aliphatic rings. The maximum Gasteiger partial charge on any atom is 0.410 e. The molecule has 0 radical (unpaired) electrons. The second kappa shape index (κ2) is 6.90. The molecule has 7 heteroatoms. The van der Waals surface area contributed by atoms with Gasteiger partial charge in [0.1, 0.15) is 11.4 Å². The molecular formula is C18H25N3O4. The third-order valence-corrected chi connectivity index (χ3v) is 4.56. The molecular weight excluding hydrogens is 322 g/mol. The number of pyridine rings is 1. The molecule has 1 N–H and O–H groups in total. The summed E-state index contributed by atoms with van der Waals surface area (Å²) in [4.78, 5) is 29.6. The van der Waals surface area contributed by atoms with Crippen LogP contribution in [0.5, 0.6) is 5.75 Å². The van der Waals surface area contributed by atoms with Crippen molar-refractivity contribution in [3.05, 3.63) is 24.5 Å². The lowest BCUT2D eigenvalue weighted by Crippen LogP contribution is -2.38. The summed E-state index contributed by atoms with van der Waals surface area (Å²) in [5, 5.41) is 2.91. The van der Waals surface area contributed by atoms with Crippen LogP contribution in [0.2, 0.25) is 0 Å². The van der Waals surface area contributed by atoms with E-state index < -0.39 is 5.60 Å². The number of rotatable bonds is 5. The zero-order chi connectivity index (χ0) is 18.0. The zero-order valence-corrected chi connectivity index (χ0v) is 14.9. The largest absolute Gasteiger partial charge is 0.482 e. The number of aromatic nitrogens is 1. The molecule has 25 heavy (non-hydrogen) atoms. The summed E-state index contributed by atoms with van der Waals surface area (Å²) in [5.41, 5.74) is -0.467. The van der Waals surface area contributed by atoms with Gasteiger partial charge in [0.25, 0.3) is 5.91 Å². The maximum absolute atomic E-state index is 12.0. The second-order valence-electron chi connectivity index (χ2n) is 7.66. The van der Waals surface area contributed by atoms with Crippen LogP contribution in [-0.4, -0.2) is 53.7 Å². The number of nitrogens with zero attached hydrogens (tertiary/aromatic N) is 2. The van der Waals surface area contributed by atoms with Gasteiger partial charge in [-0.2, -0.15) is 0 Å². The number of carbonyl (C=O) groups excluding carboxylic acids is 2. The van der Waals surface area contributed by atoms with Gasteiger partial charge in [-0.3, -0.25) is 9.78 Å². The second-order valence-corrected chi connectivity index (χ2v) is 7.66. The predicted octanol–water partition coefficient (Wildman–Crippen LogP) is 1.69. The van der Waals surface area contributed by atoms with E-state index in [-0.39, 0.29) is 18.6 Å². The predicted molar refractivity (Wildman–Crippen MR) is 91.0 cm³/mol. The molecule has 2 amide bonds. The molecule has 136 valence electrons. The normalized spacial score (nSPS) is 24.4. The Labute approximate surface area is 147 Å². The van der Waals surface area contributed by atoms with Crippen molar-refractivity contribution < 1.29 is 19.1 Å². The number of piperidine rings is 1. The van der Waals surface area contributed by atoms with Crippen molar-refractivity contribution in [1.82, 2.24) is 15.2 Å². The maximum atomic E-state index is 12.0. The Bertz CT molecular complexity index is 617. The topological polar surface area (TPSA) is 80.8 Å². The molecule has 1 aromatic rings. The highest BCUT2D eigenvalue weighted by Crippen LogP contribution is 2.51. The van der Waals surface area contributed by atoms with Crippen molar-refractivity contribution in [3.8, 4) is 5.75 Å². The lowest BCUT2D eigenvalue weighted by Gasteiger charge is -2.25. The van der Waals surface area contributed by atoms with E-state index >= 15 is 0 Å². The Morgan fingerprint density at radius 1 is 1.32 bits per heavy atom. The van der Waals surface area contributed by atoms with Gasteiger partial charge in [0.15, 0.2) is 6.61 Å². The first-order chi connectivity index (χ1) is 11.8. The molecule has 0 bridgehead atoms. The number of hydrogen-bond donors (Lipinski definition) is 1. The highest BCUT2D eigenvalue weighted by molar-refractivity contribution is 5.77. The fourth-order valence-corrected chi connectivity index (χ4v) is 3.29. The monoisotopic (exact) mass is 347 g/mol. The van der Waals surface area contributed by atoms with E-state index in [2.05, 4.69) is 10.3 Å². The third-order valence-electron chi connectivity index (χ3n) is 4.56. The Hall–Kier alpha value is -2.31. The third kappa shape index (κ3) is 4.61. The van der Waals surface area contributed by atoms with Crippen molar-refractivity contribution in [3.63, 3.8) is 0 Å². The van der Waals surface area contributed by atoms with Crippen LogP contribution in [0.1, 0.15) is 20.8 Å². The molecule has 1 aliphatic heterocycles. The molecule has 1 saturated carbocycles. The van der Waals surface area contributed by atoms with Crippen LogP contribution in [0.4, 0.5) is 4.79 Å². The Kier molecular flexibility index (Phi) is 4.83. The minimum Gasteiger partial charge on any atom is -0.482 e. The number of likely N-dealkylation sites (tertiary alicyclic amines) is 1.